The number of amides is 1. The van der Waals surface area contributed by atoms with E-state index in [1.165, 1.54) is 0 Å². The van der Waals surface area contributed by atoms with Crippen LogP contribution in [0, 0.1) is 0 Å². The number of piperidine rings is 1. The van der Waals surface area contributed by atoms with Crippen molar-refractivity contribution in [3.63, 3.8) is 0 Å². The summed E-state index contributed by atoms with van der Waals surface area (Å²) in [5, 5.41) is 8.74. The Kier molecular flexibility index (Phi) is 4.73. The molecule has 9 heteroatoms. The number of nitrogens with zero attached hydrogens (tertiary/aromatic N) is 6. The quantitative estimate of drug-likeness (QED) is 0.462. The van der Waals surface area contributed by atoms with Crippen LogP contribution in [0.4, 0.5) is 4.79 Å². The first-order chi connectivity index (χ1) is 14.7. The summed E-state index contributed by atoms with van der Waals surface area (Å²) in [5.41, 5.74) is 3.55. The van der Waals surface area contributed by atoms with Crippen molar-refractivity contribution in [3.05, 3.63) is 36.3 Å². The summed E-state index contributed by atoms with van der Waals surface area (Å²) in [7, 11) is 1.83. The molecule has 4 aromatic rings. The zero-order valence-corrected chi connectivity index (χ0v) is 19.0. The smallest absolute Gasteiger partial charge is 0.410 e. The number of rotatable bonds is 2. The van der Waals surface area contributed by atoms with Crippen LogP contribution < -0.4 is 0 Å². The van der Waals surface area contributed by atoms with E-state index < -0.39 is 5.60 Å². The van der Waals surface area contributed by atoms with Gasteiger partial charge in [0.15, 0.2) is 4.96 Å². The molecule has 8 nitrogen and oxygen atoms in total. The molecule has 31 heavy (non-hydrogen) atoms. The highest BCUT2D eigenvalue weighted by Gasteiger charge is 2.28. The van der Waals surface area contributed by atoms with Crippen LogP contribution in [0.1, 0.15) is 45.2 Å². The fourth-order valence-electron chi connectivity index (χ4n) is 4.00. The standard InChI is InChI=1S/C22H26N6O2S/c1-22(2,3)30-21(29)27-9-7-14(8-10-27)18-12-28-13-19(31-20(28)23-18)15-5-6-16-17(11-15)25-26(4)24-16/h5-6,11-14H,7-10H2,1-4H3. The second-order valence-electron chi connectivity index (χ2n) is 9.09. The first-order valence-electron chi connectivity index (χ1n) is 10.5. The predicted molar refractivity (Wildman–Crippen MR) is 120 cm³/mol. The number of fused-ring (bicyclic) bond motifs is 2. The molecule has 0 spiro atoms. The van der Waals surface area contributed by atoms with Gasteiger partial charge in [-0.15, -0.1) is 0 Å². The van der Waals surface area contributed by atoms with Crippen LogP contribution in [-0.2, 0) is 11.8 Å². The van der Waals surface area contributed by atoms with E-state index in [9.17, 15) is 4.79 Å². The summed E-state index contributed by atoms with van der Waals surface area (Å²) >= 11 is 1.67. The van der Waals surface area contributed by atoms with Gasteiger partial charge < -0.3 is 9.64 Å². The van der Waals surface area contributed by atoms with Gasteiger partial charge in [0, 0.05) is 38.4 Å². The van der Waals surface area contributed by atoms with E-state index in [0.717, 1.165) is 45.0 Å². The molecule has 0 atom stereocenters. The molecule has 1 aliphatic heterocycles. The maximum absolute atomic E-state index is 12.3. The fraction of sp³-hybridized carbons (Fsp3) is 0.455. The Morgan fingerprint density at radius 1 is 1.13 bits per heavy atom. The maximum Gasteiger partial charge on any atom is 0.410 e. The van der Waals surface area contributed by atoms with E-state index in [1.807, 2.05) is 33.9 Å². The van der Waals surface area contributed by atoms with Crippen molar-refractivity contribution < 1.29 is 9.53 Å². The number of aromatic nitrogens is 5. The van der Waals surface area contributed by atoms with E-state index >= 15 is 0 Å². The topological polar surface area (TPSA) is 77.5 Å². The Bertz CT molecular complexity index is 1220. The molecule has 0 bridgehead atoms. The van der Waals surface area contributed by atoms with Crippen molar-refractivity contribution in [1.29, 1.82) is 0 Å². The fourth-order valence-corrected chi connectivity index (χ4v) is 4.97. The number of benzene rings is 1. The van der Waals surface area contributed by atoms with Gasteiger partial charge in [-0.3, -0.25) is 4.40 Å². The number of hydrogen-bond donors (Lipinski definition) is 0. The number of imidazole rings is 1. The summed E-state index contributed by atoms with van der Waals surface area (Å²) in [6.07, 6.45) is 5.84. The SMILES string of the molecule is Cn1nc2ccc(-c3cn4cc(C5CCN(C(=O)OC(C)(C)C)CC5)nc4s3)cc2n1. The van der Waals surface area contributed by atoms with Gasteiger partial charge in [0.1, 0.15) is 16.6 Å². The van der Waals surface area contributed by atoms with Crippen LogP contribution in [0.15, 0.2) is 30.6 Å². The average Bonchev–Trinajstić information content (AvgIpc) is 3.37. The highest BCUT2D eigenvalue weighted by Crippen LogP contribution is 2.33. The number of carbonyl (C=O) groups is 1. The second-order valence-corrected chi connectivity index (χ2v) is 10.1. The number of ether oxygens (including phenoxy) is 1. The Morgan fingerprint density at radius 2 is 1.87 bits per heavy atom. The van der Waals surface area contributed by atoms with Crippen LogP contribution in [-0.4, -0.2) is 54.1 Å². The Hall–Kier alpha value is -2.94. The van der Waals surface area contributed by atoms with Gasteiger partial charge in [-0.25, -0.2) is 9.78 Å². The van der Waals surface area contributed by atoms with Crippen molar-refractivity contribution in [3.8, 4) is 10.4 Å². The van der Waals surface area contributed by atoms with Gasteiger partial charge in [0.2, 0.25) is 0 Å². The van der Waals surface area contributed by atoms with Gasteiger partial charge in [-0.1, -0.05) is 17.4 Å². The lowest BCUT2D eigenvalue weighted by atomic mass is 9.94. The predicted octanol–water partition coefficient (Wildman–Crippen LogP) is 4.46. The van der Waals surface area contributed by atoms with E-state index in [1.54, 1.807) is 21.0 Å². The van der Waals surface area contributed by atoms with E-state index in [0.29, 0.717) is 19.0 Å². The third-order valence-electron chi connectivity index (χ3n) is 5.50. The van der Waals surface area contributed by atoms with Crippen molar-refractivity contribution in [2.75, 3.05) is 13.1 Å². The lowest BCUT2D eigenvalue weighted by molar-refractivity contribution is 0.0204. The molecule has 5 rings (SSSR count). The molecular weight excluding hydrogens is 412 g/mol. The number of aryl methyl sites for hydroxylation is 1. The molecule has 1 aromatic carbocycles. The van der Waals surface area contributed by atoms with Gasteiger partial charge in [0.25, 0.3) is 0 Å². The Balaban J connectivity index is 1.29. The van der Waals surface area contributed by atoms with Gasteiger partial charge >= 0.3 is 6.09 Å². The van der Waals surface area contributed by atoms with Gasteiger partial charge in [-0.05, 0) is 51.3 Å². The first-order valence-corrected chi connectivity index (χ1v) is 11.3. The summed E-state index contributed by atoms with van der Waals surface area (Å²) in [6.45, 7) is 7.10. The minimum atomic E-state index is -0.461. The lowest BCUT2D eigenvalue weighted by Gasteiger charge is -2.32. The average molecular weight is 439 g/mol. The molecule has 1 saturated heterocycles. The zero-order valence-electron chi connectivity index (χ0n) is 18.2. The zero-order chi connectivity index (χ0) is 21.8. The molecule has 1 amide bonds. The van der Waals surface area contributed by atoms with Gasteiger partial charge in [-0.2, -0.15) is 15.0 Å². The van der Waals surface area contributed by atoms with Crippen molar-refractivity contribution in [1.82, 2.24) is 29.3 Å². The minimum absolute atomic E-state index is 0.221. The molecule has 3 aromatic heterocycles. The minimum Gasteiger partial charge on any atom is -0.444 e. The molecule has 1 aliphatic rings. The van der Waals surface area contributed by atoms with E-state index in [4.69, 9.17) is 9.72 Å². The number of carbonyl (C=O) groups excluding carboxylic acids is 1. The largest absolute Gasteiger partial charge is 0.444 e. The molecule has 0 unspecified atom stereocenters. The summed E-state index contributed by atoms with van der Waals surface area (Å²) in [4.78, 5) is 22.7. The molecule has 0 N–H and O–H groups in total. The summed E-state index contributed by atoms with van der Waals surface area (Å²) in [5.74, 6) is 0.366. The first kappa shape index (κ1) is 20.0. The highest BCUT2D eigenvalue weighted by atomic mass is 32.1. The van der Waals surface area contributed by atoms with E-state index in [-0.39, 0.29) is 6.09 Å². The lowest BCUT2D eigenvalue weighted by Crippen LogP contribution is -2.41. The normalized spacial score (nSPS) is 15.8. The Morgan fingerprint density at radius 3 is 2.58 bits per heavy atom. The van der Waals surface area contributed by atoms with E-state index in [2.05, 4.69) is 39.1 Å². The van der Waals surface area contributed by atoms with Crippen molar-refractivity contribution >= 4 is 33.4 Å². The van der Waals surface area contributed by atoms with Crippen LogP contribution in [0.2, 0.25) is 0 Å². The monoisotopic (exact) mass is 438 g/mol. The second kappa shape index (κ2) is 7.33. The number of hydrogen-bond acceptors (Lipinski definition) is 6. The number of thiazole rings is 1. The summed E-state index contributed by atoms with van der Waals surface area (Å²) in [6, 6.07) is 6.15. The van der Waals surface area contributed by atoms with Gasteiger partial charge in [0.05, 0.1) is 10.6 Å². The molecule has 0 saturated carbocycles. The Labute approximate surface area is 184 Å². The molecular formula is C22H26N6O2S. The van der Waals surface area contributed by atoms with Crippen LogP contribution >= 0.6 is 11.3 Å². The van der Waals surface area contributed by atoms with Crippen LogP contribution in [0.3, 0.4) is 0 Å². The number of likely N-dealkylation sites (tertiary alicyclic amines) is 1. The van der Waals surface area contributed by atoms with Crippen molar-refractivity contribution in [2.45, 2.75) is 45.1 Å². The molecule has 0 aliphatic carbocycles. The molecule has 0 radical (unpaired) electrons. The maximum atomic E-state index is 12.3. The van der Waals surface area contributed by atoms with Crippen LogP contribution in [0.5, 0.6) is 0 Å². The third-order valence-corrected chi connectivity index (χ3v) is 6.55. The van der Waals surface area contributed by atoms with Crippen LogP contribution in [0.25, 0.3) is 26.4 Å². The molecule has 4 heterocycles. The third kappa shape index (κ3) is 4.01. The highest BCUT2D eigenvalue weighted by molar-refractivity contribution is 7.20. The summed E-state index contributed by atoms with van der Waals surface area (Å²) < 4.78 is 7.60. The molecule has 162 valence electrons. The van der Waals surface area contributed by atoms with Crippen molar-refractivity contribution in [2.24, 2.45) is 7.05 Å². The molecule has 1 fully saturated rings.